The van der Waals surface area contributed by atoms with E-state index in [1.807, 2.05) is 19.1 Å². The molecule has 0 saturated carbocycles. The molecule has 0 aliphatic carbocycles. The van der Waals surface area contributed by atoms with Crippen LogP contribution in [-0.2, 0) is 11.3 Å². The molecule has 0 bridgehead atoms. The zero-order valence-corrected chi connectivity index (χ0v) is 16.1. The van der Waals surface area contributed by atoms with Gasteiger partial charge in [0.1, 0.15) is 11.5 Å². The van der Waals surface area contributed by atoms with E-state index < -0.39 is 11.7 Å². The first kappa shape index (κ1) is 20.4. The molecule has 0 radical (unpaired) electrons. The van der Waals surface area contributed by atoms with Crippen LogP contribution in [0.3, 0.4) is 0 Å². The van der Waals surface area contributed by atoms with E-state index in [0.29, 0.717) is 24.0 Å². The Balaban J connectivity index is 3.09. The maximum Gasteiger partial charge on any atom is 0.411 e. The van der Waals surface area contributed by atoms with E-state index in [4.69, 9.17) is 25.8 Å². The third-order valence-electron chi connectivity index (χ3n) is 4.29. The summed E-state index contributed by atoms with van der Waals surface area (Å²) >= 11 is 5.83. The lowest BCUT2D eigenvalue weighted by Gasteiger charge is -2.33. The number of alkyl halides is 1. The number of benzene rings is 1. The van der Waals surface area contributed by atoms with Crippen molar-refractivity contribution < 1.29 is 19.0 Å². The third-order valence-corrected chi connectivity index (χ3v) is 4.38. The summed E-state index contributed by atoms with van der Waals surface area (Å²) in [5, 5.41) is 0. The minimum absolute atomic E-state index is 0.00437. The molecule has 0 aromatic heterocycles. The van der Waals surface area contributed by atoms with Crippen LogP contribution >= 0.6 is 11.6 Å². The summed E-state index contributed by atoms with van der Waals surface area (Å²) in [5.41, 5.74) is 0.203. The zero-order valence-electron chi connectivity index (χ0n) is 15.3. The summed E-state index contributed by atoms with van der Waals surface area (Å²) in [5.74, 6) is 1.70. The number of ether oxygens (including phenoxy) is 3. The number of amides is 1. The van der Waals surface area contributed by atoms with Gasteiger partial charge < -0.3 is 19.1 Å². The van der Waals surface area contributed by atoms with Crippen molar-refractivity contribution in [2.45, 2.75) is 52.3 Å². The largest absolute Gasteiger partial charge is 0.497 e. The van der Waals surface area contributed by atoms with Gasteiger partial charge in [0, 0.05) is 17.7 Å². The first-order valence-corrected chi connectivity index (χ1v) is 8.59. The topological polar surface area (TPSA) is 48.0 Å². The van der Waals surface area contributed by atoms with Crippen LogP contribution in [0.5, 0.6) is 11.5 Å². The van der Waals surface area contributed by atoms with Crippen molar-refractivity contribution >= 4 is 17.7 Å². The minimum atomic E-state index is -0.679. The summed E-state index contributed by atoms with van der Waals surface area (Å²) < 4.78 is 15.9. The van der Waals surface area contributed by atoms with Crippen molar-refractivity contribution in [3.05, 3.63) is 23.8 Å². The number of hydrogen-bond donors (Lipinski definition) is 0. The van der Waals surface area contributed by atoms with Crippen molar-refractivity contribution in [3.63, 3.8) is 0 Å². The molecule has 5 nitrogen and oxygen atoms in total. The zero-order chi connectivity index (χ0) is 18.3. The second-order valence-corrected chi connectivity index (χ2v) is 6.47. The van der Waals surface area contributed by atoms with Gasteiger partial charge in [-0.25, -0.2) is 4.79 Å². The van der Waals surface area contributed by atoms with Gasteiger partial charge >= 0.3 is 6.09 Å². The Labute approximate surface area is 149 Å². The molecule has 0 N–H and O–H groups in total. The first-order valence-electron chi connectivity index (χ1n) is 8.16. The maximum absolute atomic E-state index is 12.5. The molecule has 1 aromatic rings. The average molecular weight is 358 g/mol. The lowest BCUT2D eigenvalue weighted by Crippen LogP contribution is -2.42. The van der Waals surface area contributed by atoms with E-state index in [2.05, 4.69) is 13.8 Å². The SMILES string of the molecule is CCC(C)C(C)N(Cc1ccc(OC)cc1OC)C(=O)OC(C)Cl. The molecule has 0 fully saturated rings. The van der Waals surface area contributed by atoms with Gasteiger partial charge in [-0.1, -0.05) is 31.9 Å². The van der Waals surface area contributed by atoms with E-state index >= 15 is 0 Å². The number of rotatable bonds is 8. The molecule has 136 valence electrons. The highest BCUT2D eigenvalue weighted by Gasteiger charge is 2.27. The van der Waals surface area contributed by atoms with Crippen LogP contribution in [0.2, 0.25) is 0 Å². The molecule has 24 heavy (non-hydrogen) atoms. The Morgan fingerprint density at radius 2 is 1.88 bits per heavy atom. The van der Waals surface area contributed by atoms with Crippen LogP contribution in [0.1, 0.15) is 39.7 Å². The fourth-order valence-electron chi connectivity index (χ4n) is 2.40. The molecule has 6 heteroatoms. The predicted molar refractivity (Wildman–Crippen MR) is 95.8 cm³/mol. The molecule has 0 aliphatic rings. The van der Waals surface area contributed by atoms with Crippen LogP contribution in [0, 0.1) is 5.92 Å². The number of carbonyl (C=O) groups is 1. The summed E-state index contributed by atoms with van der Waals surface area (Å²) in [6.45, 7) is 8.23. The van der Waals surface area contributed by atoms with Crippen LogP contribution in [0.25, 0.3) is 0 Å². The van der Waals surface area contributed by atoms with Gasteiger partial charge in [-0.15, -0.1) is 0 Å². The fourth-order valence-corrected chi connectivity index (χ4v) is 2.47. The Hall–Kier alpha value is -1.62. The molecule has 0 aliphatic heterocycles. The Kier molecular flexibility index (Phi) is 8.19. The maximum atomic E-state index is 12.5. The molecular formula is C18H28ClNO4. The molecule has 1 rings (SSSR count). The minimum Gasteiger partial charge on any atom is -0.497 e. The van der Waals surface area contributed by atoms with E-state index in [1.54, 1.807) is 32.1 Å². The molecule has 3 unspecified atom stereocenters. The van der Waals surface area contributed by atoms with Gasteiger partial charge in [-0.3, -0.25) is 0 Å². The number of halogens is 1. The van der Waals surface area contributed by atoms with E-state index in [0.717, 1.165) is 12.0 Å². The van der Waals surface area contributed by atoms with Crippen LogP contribution in [0.15, 0.2) is 18.2 Å². The van der Waals surface area contributed by atoms with Gasteiger partial charge in [0.2, 0.25) is 0 Å². The molecule has 0 saturated heterocycles. The number of hydrogen-bond acceptors (Lipinski definition) is 4. The number of methoxy groups -OCH3 is 2. The van der Waals surface area contributed by atoms with Crippen molar-refractivity contribution in [1.29, 1.82) is 0 Å². The van der Waals surface area contributed by atoms with Crippen LogP contribution in [-0.4, -0.2) is 36.8 Å². The summed E-state index contributed by atoms with van der Waals surface area (Å²) in [4.78, 5) is 14.2. The third kappa shape index (κ3) is 5.48. The van der Waals surface area contributed by atoms with Gasteiger partial charge in [0.05, 0.1) is 20.8 Å². The van der Waals surface area contributed by atoms with Crippen molar-refractivity contribution in [2.75, 3.05) is 14.2 Å². The van der Waals surface area contributed by atoms with Gasteiger partial charge in [0.15, 0.2) is 5.56 Å². The fraction of sp³-hybridized carbons (Fsp3) is 0.611. The summed E-state index contributed by atoms with van der Waals surface area (Å²) in [6, 6.07) is 5.55. The lowest BCUT2D eigenvalue weighted by atomic mass is 9.99. The smallest absolute Gasteiger partial charge is 0.411 e. The highest BCUT2D eigenvalue weighted by Crippen LogP contribution is 2.28. The second kappa shape index (κ2) is 9.62. The Morgan fingerprint density at radius 3 is 2.38 bits per heavy atom. The quantitative estimate of drug-likeness (QED) is 0.635. The van der Waals surface area contributed by atoms with E-state index in [-0.39, 0.29) is 6.04 Å². The van der Waals surface area contributed by atoms with Crippen LogP contribution < -0.4 is 9.47 Å². The van der Waals surface area contributed by atoms with Crippen molar-refractivity contribution in [3.8, 4) is 11.5 Å². The molecule has 1 amide bonds. The van der Waals surface area contributed by atoms with Crippen LogP contribution in [0.4, 0.5) is 4.79 Å². The molecular weight excluding hydrogens is 330 g/mol. The summed E-state index contributed by atoms with van der Waals surface area (Å²) in [7, 11) is 3.20. The van der Waals surface area contributed by atoms with Gasteiger partial charge in [-0.05, 0) is 31.9 Å². The Morgan fingerprint density at radius 1 is 1.21 bits per heavy atom. The average Bonchev–Trinajstić information content (AvgIpc) is 2.57. The van der Waals surface area contributed by atoms with E-state index in [1.165, 1.54) is 0 Å². The first-order chi connectivity index (χ1) is 11.3. The predicted octanol–water partition coefficient (Wildman–Crippen LogP) is 4.66. The molecule has 3 atom stereocenters. The number of carbonyl (C=O) groups excluding carboxylic acids is 1. The highest BCUT2D eigenvalue weighted by molar-refractivity contribution is 6.19. The molecule has 0 heterocycles. The standard InChI is InChI=1S/C18H28ClNO4/c1-7-12(2)13(3)20(18(21)24-14(4)19)11-15-8-9-16(22-5)10-17(15)23-6/h8-10,12-14H,7,11H2,1-6H3. The number of nitrogens with zero attached hydrogens (tertiary/aromatic N) is 1. The molecule has 1 aromatic carbocycles. The van der Waals surface area contributed by atoms with Crippen molar-refractivity contribution in [2.24, 2.45) is 5.92 Å². The highest BCUT2D eigenvalue weighted by atomic mass is 35.5. The normalized spacial score (nSPS) is 14.5. The second-order valence-electron chi connectivity index (χ2n) is 5.86. The lowest BCUT2D eigenvalue weighted by molar-refractivity contribution is 0.0681. The van der Waals surface area contributed by atoms with Gasteiger partial charge in [-0.2, -0.15) is 0 Å². The Bertz CT molecular complexity index is 536. The van der Waals surface area contributed by atoms with E-state index in [9.17, 15) is 4.79 Å². The van der Waals surface area contributed by atoms with Crippen molar-refractivity contribution in [1.82, 2.24) is 4.90 Å². The summed E-state index contributed by atoms with van der Waals surface area (Å²) in [6.07, 6.45) is 0.532. The van der Waals surface area contributed by atoms with Gasteiger partial charge in [0.25, 0.3) is 0 Å². The monoisotopic (exact) mass is 357 g/mol. The molecule has 0 spiro atoms.